The maximum atomic E-state index is 12.4. The summed E-state index contributed by atoms with van der Waals surface area (Å²) in [5.74, 6) is -1.05. The SMILES string of the molecule is CS(=O)(=O)NC(=O)C[n+]1c(C=C2Sc3ccc(Cl)cc3N2CCCS(=O)(=O)O)sc2cc(Br)sc21. The molecule has 2 aromatic heterocycles. The molecule has 0 atom stereocenters. The van der Waals surface area contributed by atoms with Crippen LogP contribution in [-0.2, 0) is 31.5 Å². The van der Waals surface area contributed by atoms with Crippen LogP contribution in [0, 0.1) is 0 Å². The van der Waals surface area contributed by atoms with Gasteiger partial charge in [0.1, 0.15) is 4.70 Å². The Morgan fingerprint density at radius 1 is 1.26 bits per heavy atom. The van der Waals surface area contributed by atoms with E-state index in [9.17, 15) is 21.6 Å². The third-order valence-electron chi connectivity index (χ3n) is 4.70. The first-order valence-electron chi connectivity index (χ1n) is 9.83. The number of benzene rings is 1. The van der Waals surface area contributed by atoms with Crippen molar-refractivity contribution in [2.75, 3.05) is 23.5 Å². The quantitative estimate of drug-likeness (QED) is 0.276. The van der Waals surface area contributed by atoms with Crippen LogP contribution in [0.15, 0.2) is 38.0 Å². The van der Waals surface area contributed by atoms with E-state index in [0.717, 1.165) is 35.2 Å². The summed E-state index contributed by atoms with van der Waals surface area (Å²) in [5, 5.41) is 2.02. The van der Waals surface area contributed by atoms with Gasteiger partial charge in [-0.15, -0.1) is 0 Å². The van der Waals surface area contributed by atoms with E-state index in [-0.39, 0.29) is 18.7 Å². The van der Waals surface area contributed by atoms with E-state index in [1.807, 2.05) is 27.8 Å². The molecule has 188 valence electrons. The number of hydrogen-bond donors (Lipinski definition) is 2. The Morgan fingerprint density at radius 3 is 2.69 bits per heavy atom. The number of thiazole rings is 1. The van der Waals surface area contributed by atoms with Gasteiger partial charge >= 0.3 is 0 Å². The van der Waals surface area contributed by atoms with Crippen LogP contribution in [0.25, 0.3) is 15.6 Å². The second-order valence-electron chi connectivity index (χ2n) is 7.53. The number of halogens is 2. The van der Waals surface area contributed by atoms with Crippen LogP contribution in [0.2, 0.25) is 5.02 Å². The van der Waals surface area contributed by atoms with E-state index < -0.39 is 26.0 Å². The highest BCUT2D eigenvalue weighted by atomic mass is 79.9. The molecule has 9 nitrogen and oxygen atoms in total. The lowest BCUT2D eigenvalue weighted by molar-refractivity contribution is -0.653. The van der Waals surface area contributed by atoms with Crippen molar-refractivity contribution in [1.82, 2.24) is 4.72 Å². The first-order chi connectivity index (χ1) is 16.3. The Kier molecular flexibility index (Phi) is 7.89. The molecule has 3 heterocycles. The molecule has 0 unspecified atom stereocenters. The predicted octanol–water partition coefficient (Wildman–Crippen LogP) is 3.93. The van der Waals surface area contributed by atoms with Crippen LogP contribution in [0.4, 0.5) is 5.69 Å². The van der Waals surface area contributed by atoms with Gasteiger partial charge in [-0.25, -0.2) is 13.1 Å². The van der Waals surface area contributed by atoms with Crippen molar-refractivity contribution in [2.24, 2.45) is 0 Å². The summed E-state index contributed by atoms with van der Waals surface area (Å²) in [6.45, 7) is 0.108. The molecule has 0 bridgehead atoms. The molecule has 0 saturated heterocycles. The molecule has 1 aromatic carbocycles. The average Bonchev–Trinajstić information content (AvgIpc) is 3.32. The molecule has 3 aromatic rings. The van der Waals surface area contributed by atoms with Gasteiger partial charge in [0.2, 0.25) is 16.6 Å². The number of rotatable bonds is 8. The summed E-state index contributed by atoms with van der Waals surface area (Å²) in [6, 6.07) is 7.35. The summed E-state index contributed by atoms with van der Waals surface area (Å²) < 4.78 is 60.2. The summed E-state index contributed by atoms with van der Waals surface area (Å²) in [7, 11) is -7.81. The largest absolute Gasteiger partial charge is 0.335 e. The van der Waals surface area contributed by atoms with Gasteiger partial charge in [0, 0.05) is 16.5 Å². The number of thioether (sulfide) groups is 1. The smallest absolute Gasteiger partial charge is 0.299 e. The number of sulfonamides is 1. The number of nitrogens with one attached hydrogen (secondary N) is 1. The lowest BCUT2D eigenvalue weighted by atomic mass is 10.2. The molecule has 0 aliphatic carbocycles. The standard InChI is InChI=1S/C19H17BrClN3O6S5/c1-34(26,27)22-16(25)10-24-18(32-14-8-15(20)33-19(14)24)9-17-23(5-2-6-35(28,29)30)12-7-11(21)3-4-13(12)31-17/h3-4,7-9H,2,5-6,10H2,1H3,(H-,22,25,28,29,30)/p+1. The van der Waals surface area contributed by atoms with Crippen molar-refractivity contribution in [3.63, 3.8) is 0 Å². The van der Waals surface area contributed by atoms with E-state index in [1.54, 1.807) is 16.7 Å². The number of hydrogen-bond acceptors (Lipinski definition) is 9. The minimum Gasteiger partial charge on any atom is -0.335 e. The molecule has 4 rings (SSSR count). The minimum atomic E-state index is -4.10. The van der Waals surface area contributed by atoms with Crippen molar-refractivity contribution in [2.45, 2.75) is 17.9 Å². The fraction of sp³-hybridized carbons (Fsp3) is 0.263. The molecule has 2 N–H and O–H groups in total. The fourth-order valence-electron chi connectivity index (χ4n) is 3.43. The van der Waals surface area contributed by atoms with Crippen LogP contribution in [0.5, 0.6) is 0 Å². The Morgan fingerprint density at radius 2 is 2.00 bits per heavy atom. The summed E-state index contributed by atoms with van der Waals surface area (Å²) in [6.07, 6.45) is 2.99. The van der Waals surface area contributed by atoms with Crippen LogP contribution in [-0.4, -0.2) is 45.8 Å². The van der Waals surface area contributed by atoms with Crippen LogP contribution in [0.3, 0.4) is 0 Å². The topological polar surface area (TPSA) is 125 Å². The zero-order valence-electron chi connectivity index (χ0n) is 17.9. The summed E-state index contributed by atoms with van der Waals surface area (Å²) >= 11 is 14.0. The van der Waals surface area contributed by atoms with Crippen molar-refractivity contribution >= 4 is 109 Å². The number of amides is 1. The van der Waals surface area contributed by atoms with Gasteiger partial charge in [0.05, 0.1) is 32.6 Å². The number of fused-ring (bicyclic) bond motifs is 2. The molecule has 0 fully saturated rings. The Balaban J connectivity index is 1.73. The Labute approximate surface area is 227 Å². The van der Waals surface area contributed by atoms with Crippen molar-refractivity contribution in [3.8, 4) is 0 Å². The second-order valence-corrected chi connectivity index (χ2v) is 15.8. The minimum absolute atomic E-state index is 0.186. The van der Waals surface area contributed by atoms with Crippen LogP contribution < -0.4 is 14.2 Å². The highest BCUT2D eigenvalue weighted by Crippen LogP contribution is 2.48. The average molecular weight is 660 g/mol. The normalized spacial score (nSPS) is 15.2. The van der Waals surface area contributed by atoms with Crippen LogP contribution in [0.1, 0.15) is 11.4 Å². The third-order valence-corrected chi connectivity index (χ3v) is 10.3. The number of aromatic nitrogens is 1. The molecule has 16 heteroatoms. The van der Waals surface area contributed by atoms with Gasteiger partial charge in [0.15, 0.2) is 0 Å². The van der Waals surface area contributed by atoms with E-state index >= 15 is 0 Å². The number of thiophene rings is 1. The monoisotopic (exact) mass is 658 g/mol. The molecule has 0 saturated carbocycles. The molecule has 0 spiro atoms. The molecule has 1 amide bonds. The molecule has 1 aliphatic heterocycles. The van der Waals surface area contributed by atoms with E-state index in [2.05, 4.69) is 15.9 Å². The Hall–Kier alpha value is -1.20. The molecule has 0 radical (unpaired) electrons. The molecular formula is C19H18BrClN3O6S5+. The number of nitrogens with zero attached hydrogens (tertiary/aromatic N) is 2. The van der Waals surface area contributed by atoms with Crippen molar-refractivity contribution in [1.29, 1.82) is 0 Å². The van der Waals surface area contributed by atoms with E-state index in [0.29, 0.717) is 16.6 Å². The molecule has 35 heavy (non-hydrogen) atoms. The maximum Gasteiger partial charge on any atom is 0.299 e. The van der Waals surface area contributed by atoms with Gasteiger partial charge in [-0.1, -0.05) is 46.0 Å². The lowest BCUT2D eigenvalue weighted by Gasteiger charge is -2.20. The summed E-state index contributed by atoms with van der Waals surface area (Å²) in [5.41, 5.74) is 0.812. The number of anilines is 1. The van der Waals surface area contributed by atoms with Gasteiger partial charge in [-0.05, 0) is 46.6 Å². The predicted molar refractivity (Wildman–Crippen MR) is 144 cm³/mol. The van der Waals surface area contributed by atoms with E-state index in [4.69, 9.17) is 16.2 Å². The Bertz CT molecular complexity index is 1560. The van der Waals surface area contributed by atoms with E-state index in [1.165, 1.54) is 34.4 Å². The number of carbonyl (C=O) groups excluding carboxylic acids is 1. The van der Waals surface area contributed by atoms with Gasteiger partial charge in [-0.2, -0.15) is 13.0 Å². The maximum absolute atomic E-state index is 12.4. The fourth-order valence-corrected chi connectivity index (χ4v) is 8.80. The second kappa shape index (κ2) is 10.3. The van der Waals surface area contributed by atoms with Gasteiger partial charge in [-0.3, -0.25) is 9.35 Å². The summed E-state index contributed by atoms with van der Waals surface area (Å²) in [4.78, 5) is 16.1. The highest BCUT2D eigenvalue weighted by molar-refractivity contribution is 9.11. The third kappa shape index (κ3) is 6.77. The van der Waals surface area contributed by atoms with Crippen molar-refractivity contribution in [3.05, 3.63) is 43.1 Å². The zero-order chi connectivity index (χ0) is 25.5. The first kappa shape index (κ1) is 26.9. The van der Waals surface area contributed by atoms with Crippen LogP contribution >= 0.6 is 62.0 Å². The lowest BCUT2D eigenvalue weighted by Crippen LogP contribution is -2.45. The van der Waals surface area contributed by atoms with Gasteiger partial charge < -0.3 is 4.90 Å². The van der Waals surface area contributed by atoms with Gasteiger partial charge in [0.25, 0.3) is 25.9 Å². The molecule has 1 aliphatic rings. The first-order valence-corrected chi connectivity index (χ1v) is 17.0. The van der Waals surface area contributed by atoms with Crippen molar-refractivity contribution < 1.29 is 30.7 Å². The highest BCUT2D eigenvalue weighted by Gasteiger charge is 2.30. The molecular weight excluding hydrogens is 642 g/mol. The number of carbonyl (C=O) groups is 1. The zero-order valence-corrected chi connectivity index (χ0v) is 24.3.